The molecule has 0 bridgehead atoms. The highest BCUT2D eigenvalue weighted by atomic mass is 32.2. The van der Waals surface area contributed by atoms with Crippen LogP contribution in [0, 0.1) is 0 Å². The molecule has 0 fully saturated rings. The van der Waals surface area contributed by atoms with Crippen molar-refractivity contribution >= 4 is 27.6 Å². The number of hydrogen-bond acceptors (Lipinski definition) is 7. The molecule has 0 saturated carbocycles. The van der Waals surface area contributed by atoms with Crippen LogP contribution in [0.5, 0.6) is 0 Å². The van der Waals surface area contributed by atoms with Gasteiger partial charge in [-0.05, 0) is 25.1 Å². The molecule has 2 N–H and O–H groups in total. The van der Waals surface area contributed by atoms with Gasteiger partial charge in [0, 0.05) is 12.4 Å². The first kappa shape index (κ1) is 19.3. The molecular formula is C16H16N2O7S. The van der Waals surface area contributed by atoms with Crippen LogP contribution in [0.2, 0.25) is 0 Å². The van der Waals surface area contributed by atoms with Crippen LogP contribution in [0.1, 0.15) is 17.3 Å². The highest BCUT2D eigenvalue weighted by molar-refractivity contribution is 7.93. The molecule has 1 aromatic carbocycles. The molecule has 10 heteroatoms. The molecule has 1 atom stereocenters. The fraction of sp³-hybridized carbons (Fsp3) is 0.188. The van der Waals surface area contributed by atoms with Gasteiger partial charge >= 0.3 is 11.9 Å². The number of ether oxygens (including phenoxy) is 1. The number of benzene rings is 1. The lowest BCUT2D eigenvalue weighted by Gasteiger charge is -2.34. The van der Waals surface area contributed by atoms with Crippen molar-refractivity contribution in [1.29, 1.82) is 0 Å². The van der Waals surface area contributed by atoms with Gasteiger partial charge in [0.05, 0.1) is 18.4 Å². The Morgan fingerprint density at radius 3 is 2.35 bits per heavy atom. The number of sulfonamides is 1. The molecular weight excluding hydrogens is 364 g/mol. The molecule has 0 saturated heterocycles. The largest absolute Gasteiger partial charge is 0.478 e. The first-order chi connectivity index (χ1) is 12.1. The number of aliphatic carboxylic acids is 1. The van der Waals surface area contributed by atoms with Gasteiger partial charge in [0.1, 0.15) is 4.90 Å². The third kappa shape index (κ3) is 3.51. The van der Waals surface area contributed by atoms with Crippen LogP contribution < -0.4 is 4.31 Å². The molecule has 1 heterocycles. The average Bonchev–Trinajstić information content (AvgIpc) is 2.61. The molecule has 1 unspecified atom stereocenters. The van der Waals surface area contributed by atoms with Crippen LogP contribution in [-0.4, -0.2) is 48.4 Å². The lowest BCUT2D eigenvalue weighted by molar-refractivity contribution is -0.155. The van der Waals surface area contributed by atoms with Gasteiger partial charge in [-0.3, -0.25) is 4.98 Å². The number of pyridine rings is 1. The number of carbonyl (C=O) groups is 2. The van der Waals surface area contributed by atoms with Gasteiger partial charge in [-0.25, -0.2) is 22.3 Å². The molecule has 0 aliphatic carbocycles. The highest BCUT2D eigenvalue weighted by Crippen LogP contribution is 2.30. The molecule has 9 nitrogen and oxygen atoms in total. The quantitative estimate of drug-likeness (QED) is 0.556. The molecule has 138 valence electrons. The smallest absolute Gasteiger partial charge is 0.358 e. The van der Waals surface area contributed by atoms with Crippen LogP contribution in [-0.2, 0) is 19.6 Å². The predicted molar refractivity (Wildman–Crippen MR) is 89.9 cm³/mol. The van der Waals surface area contributed by atoms with E-state index in [2.05, 4.69) is 9.72 Å². The van der Waals surface area contributed by atoms with Crippen molar-refractivity contribution in [2.75, 3.05) is 11.4 Å². The number of nitrogens with zero attached hydrogens (tertiary/aromatic N) is 2. The third-order valence-electron chi connectivity index (χ3n) is 3.46. The average molecular weight is 380 g/mol. The second kappa shape index (κ2) is 7.10. The van der Waals surface area contributed by atoms with Gasteiger partial charge in [0.25, 0.3) is 10.0 Å². The number of rotatable bonds is 6. The number of aromatic nitrogens is 1. The minimum Gasteiger partial charge on any atom is -0.478 e. The van der Waals surface area contributed by atoms with Gasteiger partial charge in [0.2, 0.25) is 5.72 Å². The van der Waals surface area contributed by atoms with Crippen molar-refractivity contribution in [3.63, 3.8) is 0 Å². The number of anilines is 1. The maximum Gasteiger partial charge on any atom is 0.358 e. The van der Waals surface area contributed by atoms with E-state index in [1.54, 1.807) is 6.07 Å². The van der Waals surface area contributed by atoms with E-state index in [0.29, 0.717) is 4.31 Å². The Balaban J connectivity index is 2.68. The molecule has 2 aromatic rings. The molecule has 0 aliphatic rings. The number of aliphatic hydroxyl groups is 1. The standard InChI is InChI=1S/C16H16N2O7S/c1-16(22,15(20)21)18(12-6-4-3-5-7-12)26(23,24)13-8-11(9-17-10-13)14(19)25-2/h3-10,22H,1-2H3,(H,20,21). The monoisotopic (exact) mass is 380 g/mol. The van der Waals surface area contributed by atoms with Crippen molar-refractivity contribution < 1.29 is 33.0 Å². The van der Waals surface area contributed by atoms with E-state index >= 15 is 0 Å². The molecule has 0 amide bonds. The van der Waals surface area contributed by atoms with Crippen molar-refractivity contribution in [3.05, 3.63) is 54.4 Å². The maximum atomic E-state index is 13.1. The summed E-state index contributed by atoms with van der Waals surface area (Å²) in [5, 5.41) is 19.7. The predicted octanol–water partition coefficient (Wildman–Crippen LogP) is 0.857. The van der Waals surface area contributed by atoms with Gasteiger partial charge in [-0.15, -0.1) is 0 Å². The zero-order chi connectivity index (χ0) is 19.5. The Morgan fingerprint density at radius 1 is 1.19 bits per heavy atom. The summed E-state index contributed by atoms with van der Waals surface area (Å²) in [4.78, 5) is 26.3. The zero-order valence-electron chi connectivity index (χ0n) is 13.9. The fourth-order valence-electron chi connectivity index (χ4n) is 2.17. The summed E-state index contributed by atoms with van der Waals surface area (Å²) < 4.78 is 31.0. The molecule has 0 aliphatic heterocycles. The van der Waals surface area contributed by atoms with E-state index in [4.69, 9.17) is 0 Å². The van der Waals surface area contributed by atoms with Crippen molar-refractivity contribution in [1.82, 2.24) is 4.98 Å². The lowest BCUT2D eigenvalue weighted by atomic mass is 10.2. The van der Waals surface area contributed by atoms with Crippen molar-refractivity contribution in [3.8, 4) is 0 Å². The molecule has 26 heavy (non-hydrogen) atoms. The van der Waals surface area contributed by atoms with Crippen LogP contribution in [0.15, 0.2) is 53.7 Å². The first-order valence-corrected chi connectivity index (χ1v) is 8.66. The number of methoxy groups -OCH3 is 1. The second-order valence-corrected chi connectivity index (χ2v) is 7.12. The summed E-state index contributed by atoms with van der Waals surface area (Å²) in [6, 6.07) is 8.21. The zero-order valence-corrected chi connectivity index (χ0v) is 14.7. The Morgan fingerprint density at radius 2 is 1.81 bits per heavy atom. The van der Waals surface area contributed by atoms with E-state index in [0.717, 1.165) is 32.5 Å². The van der Waals surface area contributed by atoms with Crippen LogP contribution >= 0.6 is 0 Å². The lowest BCUT2D eigenvalue weighted by Crippen LogP contribution is -2.55. The van der Waals surface area contributed by atoms with E-state index in [-0.39, 0.29) is 11.3 Å². The minimum absolute atomic E-state index is 0.0802. The molecule has 0 spiro atoms. The number of para-hydroxylation sites is 1. The Bertz CT molecular complexity index is 927. The first-order valence-electron chi connectivity index (χ1n) is 7.22. The number of carboxylic acids is 1. The van der Waals surface area contributed by atoms with E-state index < -0.39 is 32.6 Å². The molecule has 2 rings (SSSR count). The Labute approximate surface area is 149 Å². The van der Waals surface area contributed by atoms with E-state index in [9.17, 15) is 28.2 Å². The van der Waals surface area contributed by atoms with Crippen LogP contribution in [0.3, 0.4) is 0 Å². The maximum absolute atomic E-state index is 13.1. The second-order valence-electron chi connectivity index (χ2n) is 5.33. The summed E-state index contributed by atoms with van der Waals surface area (Å²) in [7, 11) is -3.47. The number of carboxylic acid groups (broad SMARTS) is 1. The van der Waals surface area contributed by atoms with Crippen molar-refractivity contribution in [2.45, 2.75) is 17.5 Å². The van der Waals surface area contributed by atoms with Crippen molar-refractivity contribution in [2.24, 2.45) is 0 Å². The summed E-state index contributed by atoms with van der Waals surface area (Å²) in [6.07, 6.45) is 2.04. The molecule has 0 radical (unpaired) electrons. The van der Waals surface area contributed by atoms with E-state index in [1.165, 1.54) is 24.3 Å². The van der Waals surface area contributed by atoms with Gasteiger partial charge in [-0.2, -0.15) is 0 Å². The van der Waals surface area contributed by atoms with Gasteiger partial charge in [-0.1, -0.05) is 18.2 Å². The molecule has 1 aromatic heterocycles. The van der Waals surface area contributed by atoms with Crippen LogP contribution in [0.4, 0.5) is 5.69 Å². The minimum atomic E-state index is -4.59. The van der Waals surface area contributed by atoms with Crippen LogP contribution in [0.25, 0.3) is 0 Å². The summed E-state index contributed by atoms with van der Waals surface area (Å²) in [5.41, 5.74) is -3.01. The van der Waals surface area contributed by atoms with Gasteiger partial charge in [0.15, 0.2) is 0 Å². The third-order valence-corrected chi connectivity index (χ3v) is 5.33. The SMILES string of the molecule is COC(=O)c1cncc(S(=O)(=O)N(c2ccccc2)C(C)(O)C(=O)O)c1. The Kier molecular flexibility index (Phi) is 5.28. The Hall–Kier alpha value is -2.98. The normalized spacial score (nSPS) is 13.5. The summed E-state index contributed by atoms with van der Waals surface area (Å²) >= 11 is 0. The highest BCUT2D eigenvalue weighted by Gasteiger charge is 2.45. The summed E-state index contributed by atoms with van der Waals surface area (Å²) in [5.74, 6) is -2.59. The van der Waals surface area contributed by atoms with E-state index in [1.807, 2.05) is 0 Å². The summed E-state index contributed by atoms with van der Waals surface area (Å²) in [6.45, 7) is 0.831. The topological polar surface area (TPSA) is 134 Å². The van der Waals surface area contributed by atoms with Gasteiger partial charge < -0.3 is 14.9 Å². The number of esters is 1. The number of hydrogen-bond donors (Lipinski definition) is 2. The fourth-order valence-corrected chi connectivity index (χ4v) is 3.80. The number of carbonyl (C=O) groups excluding carboxylic acids is 1.